The van der Waals surface area contributed by atoms with E-state index in [1.807, 2.05) is 0 Å². The quantitative estimate of drug-likeness (QED) is 0.423. The van der Waals surface area contributed by atoms with Crippen LogP contribution in [0, 0.1) is 24.2 Å². The van der Waals surface area contributed by atoms with Crippen molar-refractivity contribution in [1.82, 2.24) is 0 Å². The fraction of sp³-hybridized carbons (Fsp3) is 0.708. The van der Waals surface area contributed by atoms with E-state index >= 15 is 0 Å². The average molecular weight is 326 g/mol. The van der Waals surface area contributed by atoms with E-state index < -0.39 is 0 Å². The van der Waals surface area contributed by atoms with E-state index in [4.69, 9.17) is 6.92 Å². The summed E-state index contributed by atoms with van der Waals surface area (Å²) in [6.45, 7) is 4.85. The van der Waals surface area contributed by atoms with Gasteiger partial charge in [-0.3, -0.25) is 0 Å². The fourth-order valence-electron chi connectivity index (χ4n) is 4.95. The molecule has 3 unspecified atom stereocenters. The Morgan fingerprint density at radius 2 is 1.83 bits per heavy atom. The molecule has 0 saturated carbocycles. The van der Waals surface area contributed by atoms with Gasteiger partial charge in [0, 0.05) is 0 Å². The predicted molar refractivity (Wildman–Crippen MR) is 106 cm³/mol. The van der Waals surface area contributed by atoms with Gasteiger partial charge in [0.15, 0.2) is 0 Å². The molecule has 3 aliphatic carbocycles. The first-order valence-electron chi connectivity index (χ1n) is 10.6. The molecule has 24 heavy (non-hydrogen) atoms. The van der Waals surface area contributed by atoms with Gasteiger partial charge in [-0.15, -0.1) is 0 Å². The van der Waals surface area contributed by atoms with Crippen LogP contribution in [-0.4, -0.2) is 0 Å². The molecular formula is C24H37. The van der Waals surface area contributed by atoms with Crippen molar-refractivity contribution in [3.8, 4) is 0 Å². The summed E-state index contributed by atoms with van der Waals surface area (Å²) < 4.78 is 0. The van der Waals surface area contributed by atoms with E-state index in [0.717, 1.165) is 11.8 Å². The SMILES string of the molecule is [CH2]C(CCC1C=CCCC1)(CCC1CC=CCC1)C1=CCCCC1. The Morgan fingerprint density at radius 1 is 0.917 bits per heavy atom. The van der Waals surface area contributed by atoms with Crippen molar-refractivity contribution in [3.05, 3.63) is 42.9 Å². The molecule has 0 amide bonds. The second kappa shape index (κ2) is 9.07. The molecule has 0 spiro atoms. The minimum Gasteiger partial charge on any atom is -0.0885 e. The minimum absolute atomic E-state index is 0.229. The van der Waals surface area contributed by atoms with Gasteiger partial charge >= 0.3 is 0 Å². The highest BCUT2D eigenvalue weighted by Crippen LogP contribution is 2.44. The first-order chi connectivity index (χ1) is 11.8. The maximum Gasteiger partial charge on any atom is -0.00875 e. The first kappa shape index (κ1) is 18.0. The Morgan fingerprint density at radius 3 is 2.54 bits per heavy atom. The zero-order valence-electron chi connectivity index (χ0n) is 15.6. The predicted octanol–water partition coefficient (Wildman–Crippen LogP) is 7.58. The van der Waals surface area contributed by atoms with Gasteiger partial charge < -0.3 is 0 Å². The van der Waals surface area contributed by atoms with Gasteiger partial charge in [0.25, 0.3) is 0 Å². The van der Waals surface area contributed by atoms with Crippen LogP contribution in [-0.2, 0) is 0 Å². The molecule has 0 nitrogen and oxygen atoms in total. The summed E-state index contributed by atoms with van der Waals surface area (Å²) in [6.07, 6.45) is 31.1. The van der Waals surface area contributed by atoms with E-state index in [1.54, 1.807) is 5.57 Å². The number of hydrogen-bond donors (Lipinski definition) is 0. The third-order valence-electron chi connectivity index (χ3n) is 6.73. The number of hydrogen-bond acceptors (Lipinski definition) is 0. The summed E-state index contributed by atoms with van der Waals surface area (Å²) in [5, 5.41) is 0. The lowest BCUT2D eigenvalue weighted by Crippen LogP contribution is -2.24. The molecule has 3 atom stereocenters. The van der Waals surface area contributed by atoms with Crippen LogP contribution in [0.15, 0.2) is 36.0 Å². The van der Waals surface area contributed by atoms with Crippen molar-refractivity contribution < 1.29 is 0 Å². The lowest BCUT2D eigenvalue weighted by atomic mass is 9.68. The Bertz CT molecular complexity index is 466. The van der Waals surface area contributed by atoms with Crippen LogP contribution in [0.1, 0.15) is 89.9 Å². The Hall–Kier alpha value is -0.780. The van der Waals surface area contributed by atoms with Crippen LogP contribution in [0.2, 0.25) is 0 Å². The third kappa shape index (κ3) is 5.11. The summed E-state index contributed by atoms with van der Waals surface area (Å²) in [7, 11) is 0. The lowest BCUT2D eigenvalue weighted by Gasteiger charge is -2.37. The van der Waals surface area contributed by atoms with Gasteiger partial charge in [0.05, 0.1) is 0 Å². The largest absolute Gasteiger partial charge is 0.0885 e. The molecule has 0 aromatic carbocycles. The molecule has 0 heterocycles. The molecule has 0 saturated heterocycles. The smallest absolute Gasteiger partial charge is 0.00875 e. The van der Waals surface area contributed by atoms with E-state index in [2.05, 4.69) is 30.4 Å². The molecule has 1 radical (unpaired) electrons. The highest BCUT2D eigenvalue weighted by atomic mass is 14.4. The summed E-state index contributed by atoms with van der Waals surface area (Å²) in [5.41, 5.74) is 1.94. The van der Waals surface area contributed by atoms with Crippen LogP contribution < -0.4 is 0 Å². The van der Waals surface area contributed by atoms with E-state index in [1.165, 1.54) is 89.9 Å². The monoisotopic (exact) mass is 325 g/mol. The minimum atomic E-state index is 0.229. The summed E-state index contributed by atoms with van der Waals surface area (Å²) in [4.78, 5) is 0. The molecule has 3 aliphatic rings. The lowest BCUT2D eigenvalue weighted by molar-refractivity contribution is 0.286. The maximum atomic E-state index is 4.85. The van der Waals surface area contributed by atoms with Crippen molar-refractivity contribution in [2.24, 2.45) is 17.3 Å². The van der Waals surface area contributed by atoms with E-state index in [0.29, 0.717) is 0 Å². The second-order valence-electron chi connectivity index (χ2n) is 8.60. The van der Waals surface area contributed by atoms with Gasteiger partial charge in [-0.1, -0.05) is 36.0 Å². The van der Waals surface area contributed by atoms with E-state index in [9.17, 15) is 0 Å². The Balaban J connectivity index is 1.60. The van der Waals surface area contributed by atoms with Crippen LogP contribution >= 0.6 is 0 Å². The average Bonchev–Trinajstić information content (AvgIpc) is 2.67. The molecule has 0 aliphatic heterocycles. The molecule has 0 fully saturated rings. The van der Waals surface area contributed by atoms with Crippen molar-refractivity contribution in [3.63, 3.8) is 0 Å². The van der Waals surface area contributed by atoms with Crippen molar-refractivity contribution in [2.45, 2.75) is 89.9 Å². The van der Waals surface area contributed by atoms with Crippen molar-refractivity contribution in [2.75, 3.05) is 0 Å². The Labute approximate surface area is 150 Å². The van der Waals surface area contributed by atoms with Crippen LogP contribution in [0.3, 0.4) is 0 Å². The molecule has 3 rings (SSSR count). The normalized spacial score (nSPS) is 30.0. The molecule has 0 bridgehead atoms. The van der Waals surface area contributed by atoms with Gasteiger partial charge in [-0.2, -0.15) is 0 Å². The highest BCUT2D eigenvalue weighted by Gasteiger charge is 2.31. The fourth-order valence-corrected chi connectivity index (χ4v) is 4.95. The highest BCUT2D eigenvalue weighted by molar-refractivity contribution is 5.19. The summed E-state index contributed by atoms with van der Waals surface area (Å²) in [5.74, 6) is 1.73. The zero-order chi connectivity index (χ0) is 16.7. The summed E-state index contributed by atoms with van der Waals surface area (Å²) >= 11 is 0. The molecule has 0 heteroatoms. The van der Waals surface area contributed by atoms with Gasteiger partial charge in [-0.05, 0) is 114 Å². The standard InChI is InChI=1S/C24H37/c1-24(23-15-9-4-10-16-23,19-17-21-11-5-2-6-12-21)20-18-22-13-7-3-8-14-22/h2,5,7,13,15,21-22H,1,3-4,6,8-12,14,16-20H2. The van der Waals surface area contributed by atoms with Crippen molar-refractivity contribution in [1.29, 1.82) is 0 Å². The Kier molecular flexibility index (Phi) is 6.81. The molecule has 133 valence electrons. The summed E-state index contributed by atoms with van der Waals surface area (Å²) in [6, 6.07) is 0. The van der Waals surface area contributed by atoms with Crippen LogP contribution in [0.4, 0.5) is 0 Å². The molecule has 0 aromatic rings. The molecular weight excluding hydrogens is 288 g/mol. The second-order valence-corrected chi connectivity index (χ2v) is 8.60. The van der Waals surface area contributed by atoms with Gasteiger partial charge in [0.1, 0.15) is 0 Å². The topological polar surface area (TPSA) is 0 Å². The zero-order valence-corrected chi connectivity index (χ0v) is 15.6. The molecule has 0 aromatic heterocycles. The van der Waals surface area contributed by atoms with E-state index in [-0.39, 0.29) is 5.41 Å². The first-order valence-corrected chi connectivity index (χ1v) is 10.6. The maximum absolute atomic E-state index is 4.85. The van der Waals surface area contributed by atoms with Crippen LogP contribution in [0.25, 0.3) is 0 Å². The van der Waals surface area contributed by atoms with Crippen LogP contribution in [0.5, 0.6) is 0 Å². The van der Waals surface area contributed by atoms with Crippen molar-refractivity contribution >= 4 is 0 Å². The number of rotatable bonds is 7. The number of allylic oxidation sites excluding steroid dienone is 6. The third-order valence-corrected chi connectivity index (χ3v) is 6.73. The van der Waals surface area contributed by atoms with Gasteiger partial charge in [-0.25, -0.2) is 0 Å². The van der Waals surface area contributed by atoms with Gasteiger partial charge in [0.2, 0.25) is 0 Å². The molecule has 0 N–H and O–H groups in total.